The van der Waals surface area contributed by atoms with E-state index in [1.54, 1.807) is 13.8 Å². The number of amides is 3. The van der Waals surface area contributed by atoms with Crippen LogP contribution in [0.2, 0.25) is 0 Å². The average Bonchev–Trinajstić information content (AvgIpc) is 2.70. The first kappa shape index (κ1) is 27.7. The molecule has 30 heavy (non-hydrogen) atoms. The van der Waals surface area contributed by atoms with Gasteiger partial charge in [-0.3, -0.25) is 19.2 Å². The third-order valence-electron chi connectivity index (χ3n) is 4.50. The molecule has 0 heterocycles. The van der Waals surface area contributed by atoms with Crippen molar-refractivity contribution in [1.82, 2.24) is 16.0 Å². The third-order valence-corrected chi connectivity index (χ3v) is 5.15. The van der Waals surface area contributed by atoms with Crippen molar-refractivity contribution in [2.75, 3.05) is 18.6 Å². The van der Waals surface area contributed by atoms with E-state index >= 15 is 0 Å². The molecule has 0 rings (SSSR count). The zero-order valence-corrected chi connectivity index (χ0v) is 18.3. The Kier molecular flexibility index (Phi) is 13.5. The highest BCUT2D eigenvalue weighted by molar-refractivity contribution is 7.98. The van der Waals surface area contributed by atoms with Crippen molar-refractivity contribution in [1.29, 1.82) is 0 Å². The van der Waals surface area contributed by atoms with Crippen LogP contribution in [-0.4, -0.2) is 76.6 Å². The number of aliphatic carboxylic acids is 2. The fourth-order valence-electron chi connectivity index (χ4n) is 2.50. The van der Waals surface area contributed by atoms with Gasteiger partial charge in [0.1, 0.15) is 18.1 Å². The van der Waals surface area contributed by atoms with E-state index in [0.717, 1.165) is 0 Å². The van der Waals surface area contributed by atoms with Gasteiger partial charge in [0.2, 0.25) is 17.7 Å². The van der Waals surface area contributed by atoms with Gasteiger partial charge in [-0.2, -0.15) is 11.8 Å². The summed E-state index contributed by atoms with van der Waals surface area (Å²) in [5.74, 6) is -4.25. The number of nitrogens with two attached hydrogens (primary N) is 1. The number of hydrogen-bond donors (Lipinski definition) is 6. The minimum absolute atomic E-state index is 0.236. The van der Waals surface area contributed by atoms with Crippen LogP contribution in [-0.2, 0) is 24.0 Å². The number of hydrogen-bond acceptors (Lipinski definition) is 7. The van der Waals surface area contributed by atoms with Crippen LogP contribution >= 0.6 is 11.8 Å². The van der Waals surface area contributed by atoms with E-state index in [9.17, 15) is 29.1 Å². The Hall–Kier alpha value is -2.34. The van der Waals surface area contributed by atoms with Gasteiger partial charge in [0.05, 0.1) is 6.54 Å². The number of carboxylic acids is 2. The summed E-state index contributed by atoms with van der Waals surface area (Å²) in [7, 11) is 0. The van der Waals surface area contributed by atoms with E-state index in [2.05, 4.69) is 16.0 Å². The molecule has 0 saturated carbocycles. The van der Waals surface area contributed by atoms with Gasteiger partial charge in [0, 0.05) is 6.42 Å². The molecule has 172 valence electrons. The van der Waals surface area contributed by atoms with Gasteiger partial charge in [-0.25, -0.2) is 4.79 Å². The summed E-state index contributed by atoms with van der Waals surface area (Å²) in [5.41, 5.74) is 5.27. The monoisotopic (exact) mass is 448 g/mol. The second kappa shape index (κ2) is 14.6. The molecule has 0 aromatic rings. The fourth-order valence-corrected chi connectivity index (χ4v) is 2.98. The molecular weight excluding hydrogens is 416 g/mol. The van der Waals surface area contributed by atoms with Crippen molar-refractivity contribution in [3.05, 3.63) is 0 Å². The van der Waals surface area contributed by atoms with Gasteiger partial charge >= 0.3 is 11.9 Å². The van der Waals surface area contributed by atoms with Gasteiger partial charge in [-0.15, -0.1) is 0 Å². The molecule has 0 bridgehead atoms. The number of thioether (sulfide) groups is 1. The summed E-state index contributed by atoms with van der Waals surface area (Å²) < 4.78 is 0. The topological polar surface area (TPSA) is 188 Å². The Balaban J connectivity index is 5.43. The normalized spacial score (nSPS) is 14.7. The quantitative estimate of drug-likeness (QED) is 0.185. The van der Waals surface area contributed by atoms with Crippen molar-refractivity contribution in [3.63, 3.8) is 0 Å². The van der Waals surface area contributed by atoms with Crippen LogP contribution in [0.5, 0.6) is 0 Å². The molecule has 0 spiro atoms. The highest BCUT2D eigenvalue weighted by atomic mass is 32.2. The average molecular weight is 449 g/mol. The van der Waals surface area contributed by atoms with Crippen LogP contribution in [0.15, 0.2) is 0 Å². The predicted octanol–water partition coefficient (Wildman–Crippen LogP) is -0.852. The Morgan fingerprint density at radius 1 is 0.967 bits per heavy atom. The van der Waals surface area contributed by atoms with E-state index in [1.807, 2.05) is 6.26 Å². The molecule has 0 aliphatic carbocycles. The van der Waals surface area contributed by atoms with E-state index in [0.29, 0.717) is 12.2 Å². The number of nitrogens with one attached hydrogen (secondary N) is 3. The summed E-state index contributed by atoms with van der Waals surface area (Å²) in [6, 6.07) is -3.42. The second-order valence-corrected chi connectivity index (χ2v) is 7.79. The smallest absolute Gasteiger partial charge is 0.326 e. The Bertz CT molecular complexity index is 617. The number of carbonyl (C=O) groups is 5. The van der Waals surface area contributed by atoms with Crippen molar-refractivity contribution in [2.24, 2.45) is 11.7 Å². The molecule has 7 N–H and O–H groups in total. The molecule has 0 aliphatic rings. The molecule has 0 aliphatic heterocycles. The Morgan fingerprint density at radius 3 is 2.00 bits per heavy atom. The molecule has 0 aromatic carbocycles. The number of carbonyl (C=O) groups excluding carboxylic acids is 3. The zero-order chi connectivity index (χ0) is 23.3. The highest BCUT2D eigenvalue weighted by Crippen LogP contribution is 2.10. The standard InChI is InChI=1S/C18H32N4O7S/c1-4-10(2)15(18(28)29)22-17(27)11(5-6-14(24)25)21-16(26)12(7-8-30-3)20-13(23)9-19/h10-12,15H,4-9,19H2,1-3H3,(H,20,23)(H,21,26)(H,22,27)(H,24,25)(H,28,29). The maximum atomic E-state index is 12.7. The summed E-state index contributed by atoms with van der Waals surface area (Å²) >= 11 is 1.45. The lowest BCUT2D eigenvalue weighted by Gasteiger charge is -2.26. The minimum atomic E-state index is -1.27. The summed E-state index contributed by atoms with van der Waals surface area (Å²) in [4.78, 5) is 59.3. The molecule has 0 aromatic heterocycles. The largest absolute Gasteiger partial charge is 0.481 e. The SMILES string of the molecule is CCC(C)C(NC(=O)C(CCC(=O)O)NC(=O)C(CCSC)NC(=O)CN)C(=O)O. The molecule has 0 saturated heterocycles. The van der Waals surface area contributed by atoms with Crippen LogP contribution in [0.25, 0.3) is 0 Å². The van der Waals surface area contributed by atoms with E-state index in [1.165, 1.54) is 11.8 Å². The van der Waals surface area contributed by atoms with Crippen LogP contribution in [0.4, 0.5) is 0 Å². The fraction of sp³-hybridized carbons (Fsp3) is 0.722. The molecule has 12 heteroatoms. The molecule has 4 atom stereocenters. The van der Waals surface area contributed by atoms with Gasteiger partial charge in [-0.05, 0) is 30.8 Å². The minimum Gasteiger partial charge on any atom is -0.481 e. The summed E-state index contributed by atoms with van der Waals surface area (Å²) in [5, 5.41) is 25.6. The zero-order valence-electron chi connectivity index (χ0n) is 17.5. The Morgan fingerprint density at radius 2 is 1.53 bits per heavy atom. The van der Waals surface area contributed by atoms with Crippen molar-refractivity contribution in [3.8, 4) is 0 Å². The van der Waals surface area contributed by atoms with Crippen molar-refractivity contribution >= 4 is 41.4 Å². The van der Waals surface area contributed by atoms with E-state index in [4.69, 9.17) is 10.8 Å². The lowest BCUT2D eigenvalue weighted by Crippen LogP contribution is -2.57. The first-order valence-corrected chi connectivity index (χ1v) is 11.0. The van der Waals surface area contributed by atoms with E-state index < -0.39 is 54.2 Å². The second-order valence-electron chi connectivity index (χ2n) is 6.81. The van der Waals surface area contributed by atoms with E-state index in [-0.39, 0.29) is 25.3 Å². The molecule has 11 nitrogen and oxygen atoms in total. The summed E-state index contributed by atoms with van der Waals surface area (Å²) in [6.07, 6.45) is 1.94. The van der Waals surface area contributed by atoms with Crippen LogP contribution in [0.3, 0.4) is 0 Å². The van der Waals surface area contributed by atoms with Crippen molar-refractivity contribution in [2.45, 2.75) is 57.7 Å². The molecule has 3 amide bonds. The van der Waals surface area contributed by atoms with Gasteiger partial charge < -0.3 is 31.9 Å². The van der Waals surface area contributed by atoms with Crippen molar-refractivity contribution < 1.29 is 34.2 Å². The lowest BCUT2D eigenvalue weighted by molar-refractivity contribution is -0.144. The maximum Gasteiger partial charge on any atom is 0.326 e. The van der Waals surface area contributed by atoms with Gasteiger partial charge in [0.25, 0.3) is 0 Å². The predicted molar refractivity (Wildman–Crippen MR) is 112 cm³/mol. The van der Waals surface area contributed by atoms with Crippen LogP contribution in [0, 0.1) is 5.92 Å². The Labute approximate surface area is 179 Å². The summed E-state index contributed by atoms with van der Waals surface area (Å²) in [6.45, 7) is 3.11. The molecule has 4 unspecified atom stereocenters. The first-order chi connectivity index (χ1) is 14.1. The first-order valence-electron chi connectivity index (χ1n) is 9.60. The van der Waals surface area contributed by atoms with Gasteiger partial charge in [0.15, 0.2) is 0 Å². The lowest BCUT2D eigenvalue weighted by atomic mass is 9.98. The number of rotatable bonds is 15. The maximum absolute atomic E-state index is 12.7. The third kappa shape index (κ3) is 10.4. The molecule has 0 fully saturated rings. The molecule has 0 radical (unpaired) electrons. The van der Waals surface area contributed by atoms with Crippen LogP contribution < -0.4 is 21.7 Å². The number of carboxylic acid groups (broad SMARTS) is 2. The van der Waals surface area contributed by atoms with Gasteiger partial charge in [-0.1, -0.05) is 20.3 Å². The van der Waals surface area contributed by atoms with Crippen LogP contribution in [0.1, 0.15) is 39.5 Å². The highest BCUT2D eigenvalue weighted by Gasteiger charge is 2.31. The molecular formula is C18H32N4O7S.